The van der Waals surface area contributed by atoms with Crippen LogP contribution in [0.15, 0.2) is 45.3 Å². The summed E-state index contributed by atoms with van der Waals surface area (Å²) in [6.45, 7) is 0. The lowest BCUT2D eigenvalue weighted by atomic mass is 9.93. The van der Waals surface area contributed by atoms with Gasteiger partial charge in [0, 0.05) is 24.7 Å². The lowest BCUT2D eigenvalue weighted by Crippen LogP contribution is -2.47. The van der Waals surface area contributed by atoms with Gasteiger partial charge in [-0.1, -0.05) is 6.42 Å². The molecule has 150 valence electrons. The molecule has 2 fully saturated rings. The zero-order chi connectivity index (χ0) is 20.4. The molecule has 2 aliphatic rings. The topological polar surface area (TPSA) is 163 Å². The molecule has 0 bridgehead atoms. The lowest BCUT2D eigenvalue weighted by molar-refractivity contribution is -0.244. The monoisotopic (exact) mass is 408 g/mol. The van der Waals surface area contributed by atoms with Gasteiger partial charge in [0.25, 0.3) is 15.8 Å². The van der Waals surface area contributed by atoms with Crippen LogP contribution < -0.4 is 16.8 Å². The molecule has 3 rings (SSSR count). The van der Waals surface area contributed by atoms with Gasteiger partial charge in [-0.15, -0.1) is 4.40 Å². The van der Waals surface area contributed by atoms with Gasteiger partial charge in [0.05, 0.1) is 4.90 Å². The molecule has 0 radical (unpaired) electrons. The molecule has 11 heteroatoms. The highest BCUT2D eigenvalue weighted by molar-refractivity contribution is 7.90. The second-order valence-corrected chi connectivity index (χ2v) is 8.07. The normalized spacial score (nSPS) is 18.8. The Kier molecular flexibility index (Phi) is 5.27. The second kappa shape index (κ2) is 7.50. The Bertz CT molecular complexity index is 920. The molecule has 0 unspecified atom stereocenters. The summed E-state index contributed by atoms with van der Waals surface area (Å²) < 4.78 is 37.7. The van der Waals surface area contributed by atoms with E-state index in [1.807, 2.05) is 0 Å². The molecular formula is C17H20N4O6S. The van der Waals surface area contributed by atoms with Crippen LogP contribution in [0.2, 0.25) is 0 Å². The number of carbonyl (C=O) groups excluding carboxylic acids is 2. The average Bonchev–Trinajstić information content (AvgIpc) is 2.61. The van der Waals surface area contributed by atoms with Crippen molar-refractivity contribution >= 4 is 33.6 Å². The molecule has 28 heavy (non-hydrogen) atoms. The molecule has 1 aliphatic heterocycles. The zero-order valence-electron chi connectivity index (χ0n) is 14.9. The van der Waals surface area contributed by atoms with Crippen molar-refractivity contribution in [3.8, 4) is 0 Å². The Morgan fingerprint density at radius 3 is 2.14 bits per heavy atom. The number of hydrogen-bond acceptors (Lipinski definition) is 7. The van der Waals surface area contributed by atoms with E-state index in [2.05, 4.69) is 9.71 Å². The summed E-state index contributed by atoms with van der Waals surface area (Å²) in [6, 6.07) is 5.40. The maximum absolute atomic E-state index is 12.2. The fourth-order valence-electron chi connectivity index (χ4n) is 3.03. The fourth-order valence-corrected chi connectivity index (χ4v) is 3.90. The van der Waals surface area contributed by atoms with Crippen molar-refractivity contribution in [2.24, 2.45) is 15.9 Å². The van der Waals surface area contributed by atoms with Crippen molar-refractivity contribution in [3.05, 3.63) is 36.0 Å². The molecule has 0 atom stereocenters. The number of carbonyl (C=O) groups is 2. The molecule has 1 aromatic rings. The number of esters is 2. The van der Waals surface area contributed by atoms with E-state index in [0.717, 1.165) is 19.3 Å². The third-order valence-electron chi connectivity index (χ3n) is 4.37. The minimum Gasteiger partial charge on any atom is -0.419 e. The average molecular weight is 408 g/mol. The van der Waals surface area contributed by atoms with Gasteiger partial charge in [-0.05, 0) is 37.1 Å². The molecule has 5 N–H and O–H groups in total. The molecule has 1 aliphatic carbocycles. The van der Waals surface area contributed by atoms with Crippen LogP contribution in [0, 0.1) is 0 Å². The first-order valence-electron chi connectivity index (χ1n) is 8.60. The third-order valence-corrected chi connectivity index (χ3v) is 5.69. The first-order chi connectivity index (χ1) is 13.2. The molecule has 1 aromatic carbocycles. The number of rotatable bonds is 4. The van der Waals surface area contributed by atoms with Crippen molar-refractivity contribution in [1.82, 2.24) is 0 Å². The number of nitrogens with one attached hydrogen (secondary N) is 1. The Hall–Kier alpha value is -3.08. The van der Waals surface area contributed by atoms with Crippen molar-refractivity contribution < 1.29 is 27.5 Å². The van der Waals surface area contributed by atoms with Crippen molar-refractivity contribution in [1.29, 1.82) is 0 Å². The van der Waals surface area contributed by atoms with E-state index in [-0.39, 0.29) is 10.5 Å². The van der Waals surface area contributed by atoms with E-state index in [4.69, 9.17) is 20.9 Å². The number of benzene rings is 1. The molecule has 10 nitrogen and oxygen atoms in total. The van der Waals surface area contributed by atoms with Crippen molar-refractivity contribution in [3.63, 3.8) is 0 Å². The van der Waals surface area contributed by atoms with Gasteiger partial charge in [0.15, 0.2) is 5.57 Å². The molecule has 1 saturated heterocycles. The minimum absolute atomic E-state index is 0.116. The van der Waals surface area contributed by atoms with E-state index in [9.17, 15) is 18.0 Å². The SMILES string of the molecule is NC(N)=NS(=O)(=O)c1ccc(NC=C2C(=O)OC3(CCCCC3)OC2=O)cc1. The Morgan fingerprint density at radius 2 is 1.61 bits per heavy atom. The molecular weight excluding hydrogens is 388 g/mol. The van der Waals surface area contributed by atoms with Gasteiger partial charge in [0.1, 0.15) is 0 Å². The Labute approximate surface area is 161 Å². The molecule has 0 amide bonds. The molecule has 1 heterocycles. The Balaban J connectivity index is 1.71. The first-order valence-corrected chi connectivity index (χ1v) is 10.0. The van der Waals surface area contributed by atoms with Crippen LogP contribution in [0.3, 0.4) is 0 Å². The summed E-state index contributed by atoms with van der Waals surface area (Å²) in [5, 5.41) is 2.74. The minimum atomic E-state index is -4.00. The number of hydrogen-bond donors (Lipinski definition) is 3. The zero-order valence-corrected chi connectivity index (χ0v) is 15.7. The first kappa shape index (κ1) is 19.7. The second-order valence-electron chi connectivity index (χ2n) is 6.47. The van der Waals surface area contributed by atoms with Gasteiger partial charge in [-0.3, -0.25) is 0 Å². The van der Waals surface area contributed by atoms with Gasteiger partial charge >= 0.3 is 11.9 Å². The Morgan fingerprint density at radius 1 is 1.04 bits per heavy atom. The summed E-state index contributed by atoms with van der Waals surface area (Å²) in [4.78, 5) is 24.4. The van der Waals surface area contributed by atoms with E-state index in [1.54, 1.807) is 0 Å². The van der Waals surface area contributed by atoms with Gasteiger partial charge in [0.2, 0.25) is 5.96 Å². The number of nitrogens with two attached hydrogens (primary N) is 2. The van der Waals surface area contributed by atoms with Crippen LogP contribution in [-0.4, -0.2) is 32.1 Å². The third kappa shape index (κ3) is 4.25. The highest BCUT2D eigenvalue weighted by atomic mass is 32.2. The van der Waals surface area contributed by atoms with Crippen molar-refractivity contribution in [2.75, 3.05) is 5.32 Å². The van der Waals surface area contributed by atoms with E-state index in [1.165, 1.54) is 30.5 Å². The molecule has 1 saturated carbocycles. The van der Waals surface area contributed by atoms with E-state index in [0.29, 0.717) is 18.5 Å². The maximum Gasteiger partial charge on any atom is 0.350 e. The summed E-state index contributed by atoms with van der Waals surface area (Å²) in [5.41, 5.74) is 10.3. The van der Waals surface area contributed by atoms with Gasteiger partial charge in [-0.25, -0.2) is 9.59 Å². The van der Waals surface area contributed by atoms with Crippen molar-refractivity contribution in [2.45, 2.75) is 42.8 Å². The molecule has 1 spiro atoms. The fraction of sp³-hybridized carbons (Fsp3) is 0.353. The van der Waals surface area contributed by atoms with Crippen LogP contribution in [0.5, 0.6) is 0 Å². The molecule has 0 aromatic heterocycles. The predicted molar refractivity (Wildman–Crippen MR) is 99.1 cm³/mol. The number of nitrogens with zero attached hydrogens (tertiary/aromatic N) is 1. The maximum atomic E-state index is 12.2. The lowest BCUT2D eigenvalue weighted by Gasteiger charge is -2.38. The van der Waals surface area contributed by atoms with E-state index >= 15 is 0 Å². The summed E-state index contributed by atoms with van der Waals surface area (Å²) >= 11 is 0. The van der Waals surface area contributed by atoms with Crippen LogP contribution in [-0.2, 0) is 29.1 Å². The summed E-state index contributed by atoms with van der Waals surface area (Å²) in [6.07, 6.45) is 4.82. The highest BCUT2D eigenvalue weighted by Gasteiger charge is 2.46. The quantitative estimate of drug-likeness (QED) is 0.214. The van der Waals surface area contributed by atoms with E-state index < -0.39 is 33.7 Å². The van der Waals surface area contributed by atoms with Crippen LogP contribution in [0.25, 0.3) is 0 Å². The highest BCUT2D eigenvalue weighted by Crippen LogP contribution is 2.36. The largest absolute Gasteiger partial charge is 0.419 e. The predicted octanol–water partition coefficient (Wildman–Crippen LogP) is 0.705. The van der Waals surface area contributed by atoms with Gasteiger partial charge < -0.3 is 26.3 Å². The van der Waals surface area contributed by atoms with Gasteiger partial charge in [-0.2, -0.15) is 8.42 Å². The van der Waals surface area contributed by atoms with Crippen LogP contribution in [0.4, 0.5) is 5.69 Å². The van der Waals surface area contributed by atoms with Crippen LogP contribution in [0.1, 0.15) is 32.1 Å². The summed E-state index contributed by atoms with van der Waals surface area (Å²) in [5.74, 6) is -3.22. The number of anilines is 1. The summed E-state index contributed by atoms with van der Waals surface area (Å²) in [7, 11) is -4.00. The number of ether oxygens (including phenoxy) is 2. The standard InChI is InChI=1S/C17H20N4O6S/c18-16(19)21-28(24,25)12-6-4-11(5-7-12)20-10-13-14(22)26-17(27-15(13)23)8-2-1-3-9-17/h4-7,10,20H,1-3,8-9H2,(H4,18,19,21). The van der Waals surface area contributed by atoms with Crippen LogP contribution >= 0.6 is 0 Å². The number of sulfonamides is 1. The number of guanidine groups is 1. The smallest absolute Gasteiger partial charge is 0.350 e.